The van der Waals surface area contributed by atoms with E-state index in [1.165, 1.54) is 6.07 Å². The summed E-state index contributed by atoms with van der Waals surface area (Å²) in [6.07, 6.45) is -1.31. The van der Waals surface area contributed by atoms with Gasteiger partial charge in [0, 0.05) is 5.69 Å². The molecule has 1 aromatic rings. The minimum absolute atomic E-state index is 0.126. The number of carbonyl (C=O) groups excluding carboxylic acids is 1. The second-order valence-corrected chi connectivity index (χ2v) is 4.21. The number of alkyl halides is 4. The number of aryl methyl sites for hydroxylation is 2. The molecule has 1 N–H and O–H groups in total. The van der Waals surface area contributed by atoms with E-state index in [1.807, 2.05) is 5.32 Å². The van der Waals surface area contributed by atoms with E-state index in [9.17, 15) is 22.4 Å². The number of anilines is 1. The van der Waals surface area contributed by atoms with Gasteiger partial charge in [0.1, 0.15) is 0 Å². The summed E-state index contributed by atoms with van der Waals surface area (Å²) in [4.78, 5) is 11.0. The van der Waals surface area contributed by atoms with Crippen LogP contribution in [-0.4, -0.2) is 18.3 Å². The molecule has 1 aromatic carbocycles. The Balaban J connectivity index is 2.13. The average molecular weight is 261 g/mol. The lowest BCUT2D eigenvalue weighted by Crippen LogP contribution is -2.41. The third-order valence-electron chi connectivity index (χ3n) is 2.93. The summed E-state index contributed by atoms with van der Waals surface area (Å²) in [6, 6.07) is 4.73. The van der Waals surface area contributed by atoms with Crippen LogP contribution in [0, 0.1) is 0 Å². The molecule has 0 atom stereocenters. The van der Waals surface area contributed by atoms with E-state index in [0.717, 1.165) is 30.4 Å². The van der Waals surface area contributed by atoms with Crippen molar-refractivity contribution >= 4 is 11.6 Å². The van der Waals surface area contributed by atoms with E-state index in [4.69, 9.17) is 0 Å². The van der Waals surface area contributed by atoms with Gasteiger partial charge in [-0.3, -0.25) is 4.79 Å². The summed E-state index contributed by atoms with van der Waals surface area (Å²) in [7, 11) is 0. The normalized spacial score (nSPS) is 14.7. The van der Waals surface area contributed by atoms with E-state index in [0.29, 0.717) is 0 Å². The Hall–Kier alpha value is -1.59. The number of fused-ring (bicyclic) bond motifs is 1. The Bertz CT molecular complexity index is 473. The van der Waals surface area contributed by atoms with Gasteiger partial charge in [0.15, 0.2) is 0 Å². The minimum atomic E-state index is -4.67. The van der Waals surface area contributed by atoms with Crippen LogP contribution >= 0.6 is 0 Å². The van der Waals surface area contributed by atoms with Gasteiger partial charge in [0.05, 0.1) is 0 Å². The Kier molecular flexibility index (Phi) is 3.28. The first-order valence-electron chi connectivity index (χ1n) is 5.50. The first-order valence-corrected chi connectivity index (χ1v) is 5.50. The lowest BCUT2D eigenvalue weighted by molar-refractivity contribution is -0.163. The molecule has 0 bridgehead atoms. The lowest BCUT2D eigenvalue weighted by Gasteiger charge is -2.15. The quantitative estimate of drug-likeness (QED) is 0.832. The van der Waals surface area contributed by atoms with Gasteiger partial charge >= 0.3 is 18.3 Å². The SMILES string of the molecule is O=C(Nc1ccc2c(c1)CCC2)C(F)(F)C(F)F. The van der Waals surface area contributed by atoms with Crippen LogP contribution in [0.5, 0.6) is 0 Å². The molecular weight excluding hydrogens is 250 g/mol. The van der Waals surface area contributed by atoms with Crippen LogP contribution in [0.15, 0.2) is 18.2 Å². The Morgan fingerprint density at radius 3 is 2.56 bits per heavy atom. The lowest BCUT2D eigenvalue weighted by atomic mass is 10.1. The van der Waals surface area contributed by atoms with Gasteiger partial charge in [-0.25, -0.2) is 8.78 Å². The van der Waals surface area contributed by atoms with Crippen molar-refractivity contribution in [3.8, 4) is 0 Å². The molecule has 0 heterocycles. The van der Waals surface area contributed by atoms with Gasteiger partial charge < -0.3 is 5.32 Å². The standard InChI is InChI=1S/C12H11F4NO/c13-10(14)12(15,16)11(18)17-9-5-4-7-2-1-3-8(7)6-9/h4-6,10H,1-3H2,(H,17,18). The molecule has 1 amide bonds. The predicted octanol–water partition coefficient (Wildman–Crippen LogP) is 3.01. The third kappa shape index (κ3) is 2.32. The van der Waals surface area contributed by atoms with Crippen molar-refractivity contribution in [2.24, 2.45) is 0 Å². The highest BCUT2D eigenvalue weighted by molar-refractivity contribution is 5.96. The highest BCUT2D eigenvalue weighted by Crippen LogP contribution is 2.27. The maximum absolute atomic E-state index is 12.7. The smallest absolute Gasteiger partial charge is 0.321 e. The second-order valence-electron chi connectivity index (χ2n) is 4.21. The maximum Gasteiger partial charge on any atom is 0.383 e. The van der Waals surface area contributed by atoms with Crippen molar-refractivity contribution in [2.45, 2.75) is 31.6 Å². The minimum Gasteiger partial charge on any atom is -0.321 e. The highest BCUT2D eigenvalue weighted by Gasteiger charge is 2.48. The summed E-state index contributed by atoms with van der Waals surface area (Å²) < 4.78 is 49.4. The molecule has 1 aliphatic rings. The zero-order valence-electron chi connectivity index (χ0n) is 9.35. The van der Waals surface area contributed by atoms with Crippen LogP contribution in [0.3, 0.4) is 0 Å². The average Bonchev–Trinajstić information content (AvgIpc) is 2.75. The fourth-order valence-electron chi connectivity index (χ4n) is 1.96. The maximum atomic E-state index is 12.7. The summed E-state index contributed by atoms with van der Waals surface area (Å²) in [6.45, 7) is 0. The van der Waals surface area contributed by atoms with E-state index in [-0.39, 0.29) is 5.69 Å². The van der Waals surface area contributed by atoms with Crippen LogP contribution in [0.4, 0.5) is 23.2 Å². The number of hydrogen-bond donors (Lipinski definition) is 1. The summed E-state index contributed by atoms with van der Waals surface area (Å²) in [5.41, 5.74) is 2.20. The molecule has 98 valence electrons. The first kappa shape index (κ1) is 12.9. The summed E-state index contributed by atoms with van der Waals surface area (Å²) in [5, 5.41) is 1.82. The van der Waals surface area contributed by atoms with E-state index in [1.54, 1.807) is 12.1 Å². The number of carbonyl (C=O) groups is 1. The van der Waals surface area contributed by atoms with Crippen molar-refractivity contribution in [3.63, 3.8) is 0 Å². The molecule has 0 fully saturated rings. The van der Waals surface area contributed by atoms with Crippen molar-refractivity contribution in [1.29, 1.82) is 0 Å². The molecule has 2 rings (SSSR count). The predicted molar refractivity (Wildman–Crippen MR) is 58.0 cm³/mol. The number of halogens is 4. The summed E-state index contributed by atoms with van der Waals surface area (Å²) >= 11 is 0. The fourth-order valence-corrected chi connectivity index (χ4v) is 1.96. The molecule has 0 spiro atoms. The molecule has 18 heavy (non-hydrogen) atoms. The Labute approximate surface area is 101 Å². The molecule has 2 nitrogen and oxygen atoms in total. The van der Waals surface area contributed by atoms with Crippen LogP contribution in [-0.2, 0) is 17.6 Å². The highest BCUT2D eigenvalue weighted by atomic mass is 19.3. The molecule has 0 saturated heterocycles. The second kappa shape index (κ2) is 4.59. The van der Waals surface area contributed by atoms with E-state index < -0.39 is 18.3 Å². The van der Waals surface area contributed by atoms with Crippen molar-refractivity contribution in [2.75, 3.05) is 5.32 Å². The van der Waals surface area contributed by atoms with Gasteiger partial charge in [0.25, 0.3) is 0 Å². The fraction of sp³-hybridized carbons (Fsp3) is 0.417. The van der Waals surface area contributed by atoms with E-state index in [2.05, 4.69) is 0 Å². The molecule has 0 saturated carbocycles. The van der Waals surface area contributed by atoms with Crippen LogP contribution in [0.25, 0.3) is 0 Å². The van der Waals surface area contributed by atoms with E-state index >= 15 is 0 Å². The van der Waals surface area contributed by atoms with Gasteiger partial charge in [-0.05, 0) is 42.5 Å². The van der Waals surface area contributed by atoms with Crippen molar-refractivity contribution in [1.82, 2.24) is 0 Å². The Morgan fingerprint density at radius 2 is 1.89 bits per heavy atom. The van der Waals surface area contributed by atoms with Gasteiger partial charge in [0.2, 0.25) is 0 Å². The molecule has 0 radical (unpaired) electrons. The van der Waals surface area contributed by atoms with Gasteiger partial charge in [-0.1, -0.05) is 6.07 Å². The number of nitrogens with one attached hydrogen (secondary N) is 1. The van der Waals surface area contributed by atoms with Crippen molar-refractivity contribution in [3.05, 3.63) is 29.3 Å². The molecule has 0 aromatic heterocycles. The molecule has 0 aliphatic heterocycles. The number of benzene rings is 1. The largest absolute Gasteiger partial charge is 0.383 e. The number of hydrogen-bond acceptors (Lipinski definition) is 1. The zero-order valence-corrected chi connectivity index (χ0v) is 9.35. The van der Waals surface area contributed by atoms with Crippen LogP contribution < -0.4 is 5.32 Å². The van der Waals surface area contributed by atoms with Gasteiger partial charge in [-0.15, -0.1) is 0 Å². The molecular formula is C12H11F4NO. The van der Waals surface area contributed by atoms with Gasteiger partial charge in [-0.2, -0.15) is 8.78 Å². The monoisotopic (exact) mass is 261 g/mol. The van der Waals surface area contributed by atoms with Crippen molar-refractivity contribution < 1.29 is 22.4 Å². The number of amides is 1. The topological polar surface area (TPSA) is 29.1 Å². The summed E-state index contributed by atoms with van der Waals surface area (Å²) in [5.74, 6) is -6.64. The molecule has 1 aliphatic carbocycles. The van der Waals surface area contributed by atoms with Crippen LogP contribution in [0.1, 0.15) is 17.5 Å². The molecule has 6 heteroatoms. The molecule has 0 unspecified atom stereocenters. The van der Waals surface area contributed by atoms with Crippen LogP contribution in [0.2, 0.25) is 0 Å². The Morgan fingerprint density at radius 1 is 1.22 bits per heavy atom. The first-order chi connectivity index (χ1) is 8.41. The zero-order chi connectivity index (χ0) is 13.3. The number of rotatable bonds is 3. The third-order valence-corrected chi connectivity index (χ3v) is 2.93.